The van der Waals surface area contributed by atoms with Crippen LogP contribution in [0.15, 0.2) is 18.5 Å². The van der Waals surface area contributed by atoms with E-state index in [4.69, 9.17) is 4.74 Å². The number of hydrogen-bond acceptors (Lipinski definition) is 6. The normalized spacial score (nSPS) is 16.4. The summed E-state index contributed by atoms with van der Waals surface area (Å²) in [4.78, 5) is 13.5. The van der Waals surface area contributed by atoms with Gasteiger partial charge in [-0.05, 0) is 13.3 Å². The molecule has 0 unspecified atom stereocenters. The first-order valence-corrected chi connectivity index (χ1v) is 7.98. The highest BCUT2D eigenvalue weighted by Crippen LogP contribution is 2.18. The minimum Gasteiger partial charge on any atom is -0.467 e. The highest BCUT2D eigenvalue weighted by atomic mass is 16.5. The highest BCUT2D eigenvalue weighted by molar-refractivity contribution is 5.40. The fourth-order valence-electron chi connectivity index (χ4n) is 2.95. The number of nitrogens with zero attached hydrogens (tertiary/aromatic N) is 6. The lowest BCUT2D eigenvalue weighted by Crippen LogP contribution is -2.31. The molecule has 0 N–H and O–H groups in total. The molecule has 0 radical (unpaired) electrons. The maximum absolute atomic E-state index is 5.19. The van der Waals surface area contributed by atoms with Crippen molar-refractivity contribution in [2.24, 2.45) is 7.05 Å². The zero-order valence-electron chi connectivity index (χ0n) is 14.1. The average Bonchev–Trinajstić information content (AvgIpc) is 2.80. The van der Waals surface area contributed by atoms with Crippen LogP contribution in [-0.2, 0) is 13.6 Å². The zero-order valence-corrected chi connectivity index (χ0v) is 14.1. The molecule has 0 aromatic carbocycles. The quantitative estimate of drug-likeness (QED) is 0.846. The van der Waals surface area contributed by atoms with Crippen LogP contribution >= 0.6 is 0 Å². The van der Waals surface area contributed by atoms with Gasteiger partial charge in [0.25, 0.3) is 0 Å². The molecule has 7 nitrogen and oxygen atoms in total. The second-order valence-electron chi connectivity index (χ2n) is 5.99. The summed E-state index contributed by atoms with van der Waals surface area (Å²) >= 11 is 0. The number of hydrogen-bond donors (Lipinski definition) is 0. The number of ether oxygens (including phenoxy) is 1. The van der Waals surface area contributed by atoms with Gasteiger partial charge in [0.1, 0.15) is 5.82 Å². The molecule has 1 fully saturated rings. The van der Waals surface area contributed by atoms with Crippen LogP contribution in [0.3, 0.4) is 0 Å². The summed E-state index contributed by atoms with van der Waals surface area (Å²) in [6.45, 7) is 6.99. The Kier molecular flexibility index (Phi) is 4.76. The van der Waals surface area contributed by atoms with Crippen molar-refractivity contribution in [3.05, 3.63) is 29.7 Å². The molecule has 3 heterocycles. The van der Waals surface area contributed by atoms with Crippen molar-refractivity contribution in [2.45, 2.75) is 19.9 Å². The van der Waals surface area contributed by atoms with Gasteiger partial charge in [0.2, 0.25) is 0 Å². The summed E-state index contributed by atoms with van der Waals surface area (Å²) in [6, 6.07) is 2.47. The molecular weight excluding hydrogens is 292 g/mol. The van der Waals surface area contributed by atoms with Crippen LogP contribution in [0.25, 0.3) is 0 Å². The predicted molar refractivity (Wildman–Crippen MR) is 88.6 cm³/mol. The van der Waals surface area contributed by atoms with Crippen LogP contribution in [0, 0.1) is 6.92 Å². The van der Waals surface area contributed by atoms with Crippen molar-refractivity contribution < 1.29 is 4.74 Å². The van der Waals surface area contributed by atoms with E-state index < -0.39 is 0 Å². The van der Waals surface area contributed by atoms with E-state index >= 15 is 0 Å². The molecule has 124 valence electrons. The number of aromatic nitrogens is 4. The van der Waals surface area contributed by atoms with Crippen LogP contribution in [0.2, 0.25) is 0 Å². The van der Waals surface area contributed by atoms with Crippen LogP contribution in [0.4, 0.5) is 5.82 Å². The standard InChI is InChI=1S/C16H24N6O/c1-13-9-15(19-16(18-13)23-3)22-6-4-5-21(7-8-22)12-14-10-17-20(2)11-14/h9-11H,4-8,12H2,1-3H3. The second kappa shape index (κ2) is 6.95. The van der Waals surface area contributed by atoms with E-state index in [-0.39, 0.29) is 0 Å². The molecule has 0 saturated carbocycles. The van der Waals surface area contributed by atoms with Gasteiger partial charge in [0.05, 0.1) is 13.3 Å². The molecule has 7 heteroatoms. The molecule has 23 heavy (non-hydrogen) atoms. The van der Waals surface area contributed by atoms with Gasteiger partial charge in [-0.1, -0.05) is 0 Å². The summed E-state index contributed by atoms with van der Waals surface area (Å²) in [6.07, 6.45) is 5.15. The van der Waals surface area contributed by atoms with Crippen molar-refractivity contribution in [3.63, 3.8) is 0 Å². The van der Waals surface area contributed by atoms with Gasteiger partial charge < -0.3 is 9.64 Å². The summed E-state index contributed by atoms with van der Waals surface area (Å²) in [5, 5.41) is 4.25. The van der Waals surface area contributed by atoms with Gasteiger partial charge in [-0.2, -0.15) is 10.1 Å². The Bertz CT molecular complexity index is 656. The summed E-state index contributed by atoms with van der Waals surface area (Å²) in [5.74, 6) is 0.956. The number of anilines is 1. The molecular formula is C16H24N6O. The van der Waals surface area contributed by atoms with Crippen LogP contribution in [0.5, 0.6) is 6.01 Å². The highest BCUT2D eigenvalue weighted by Gasteiger charge is 2.17. The lowest BCUT2D eigenvalue weighted by Gasteiger charge is -2.23. The van der Waals surface area contributed by atoms with E-state index in [1.807, 2.05) is 30.9 Å². The van der Waals surface area contributed by atoms with Crippen molar-refractivity contribution in [2.75, 3.05) is 38.2 Å². The van der Waals surface area contributed by atoms with E-state index in [2.05, 4.69) is 31.1 Å². The Hall–Kier alpha value is -2.15. The van der Waals surface area contributed by atoms with Gasteiger partial charge >= 0.3 is 6.01 Å². The largest absolute Gasteiger partial charge is 0.467 e. The third-order valence-corrected chi connectivity index (χ3v) is 4.08. The van der Waals surface area contributed by atoms with E-state index in [0.717, 1.165) is 50.7 Å². The molecule has 0 amide bonds. The molecule has 0 aliphatic carbocycles. The predicted octanol–water partition coefficient (Wildman–Crippen LogP) is 1.24. The summed E-state index contributed by atoms with van der Waals surface area (Å²) < 4.78 is 7.05. The molecule has 1 aliphatic rings. The van der Waals surface area contributed by atoms with Gasteiger partial charge in [0, 0.05) is 63.3 Å². The molecule has 3 rings (SSSR count). The van der Waals surface area contributed by atoms with E-state index in [9.17, 15) is 0 Å². The molecule has 1 saturated heterocycles. The van der Waals surface area contributed by atoms with Crippen molar-refractivity contribution >= 4 is 5.82 Å². The SMILES string of the molecule is COc1nc(C)cc(N2CCCN(Cc3cnn(C)c3)CC2)n1. The molecule has 0 bridgehead atoms. The number of aryl methyl sites for hydroxylation is 2. The minimum atomic E-state index is 0.441. The van der Waals surface area contributed by atoms with Crippen molar-refractivity contribution in [1.82, 2.24) is 24.6 Å². The van der Waals surface area contributed by atoms with Gasteiger partial charge in [-0.3, -0.25) is 9.58 Å². The van der Waals surface area contributed by atoms with E-state index in [0.29, 0.717) is 6.01 Å². The monoisotopic (exact) mass is 316 g/mol. The van der Waals surface area contributed by atoms with Crippen LogP contribution in [0.1, 0.15) is 17.7 Å². The lowest BCUT2D eigenvalue weighted by molar-refractivity contribution is 0.285. The molecule has 1 aliphatic heterocycles. The Morgan fingerprint density at radius 2 is 2.04 bits per heavy atom. The Balaban J connectivity index is 1.65. The maximum atomic E-state index is 5.19. The Morgan fingerprint density at radius 3 is 2.78 bits per heavy atom. The Labute approximate surface area is 136 Å². The second-order valence-corrected chi connectivity index (χ2v) is 5.99. The van der Waals surface area contributed by atoms with E-state index in [1.165, 1.54) is 5.56 Å². The van der Waals surface area contributed by atoms with Gasteiger partial charge in [-0.15, -0.1) is 0 Å². The number of methoxy groups -OCH3 is 1. The zero-order chi connectivity index (χ0) is 16.2. The smallest absolute Gasteiger partial charge is 0.318 e. The molecule has 2 aromatic rings. The third kappa shape index (κ3) is 3.98. The minimum absolute atomic E-state index is 0.441. The number of rotatable bonds is 4. The average molecular weight is 316 g/mol. The first-order chi connectivity index (χ1) is 11.1. The molecule has 2 aromatic heterocycles. The third-order valence-electron chi connectivity index (χ3n) is 4.08. The topological polar surface area (TPSA) is 59.3 Å². The fourth-order valence-corrected chi connectivity index (χ4v) is 2.95. The molecule has 0 atom stereocenters. The van der Waals surface area contributed by atoms with Crippen molar-refractivity contribution in [1.29, 1.82) is 0 Å². The fraction of sp³-hybridized carbons (Fsp3) is 0.562. The van der Waals surface area contributed by atoms with E-state index in [1.54, 1.807) is 7.11 Å². The first-order valence-electron chi connectivity index (χ1n) is 7.98. The Morgan fingerprint density at radius 1 is 1.17 bits per heavy atom. The maximum Gasteiger partial charge on any atom is 0.318 e. The molecule has 0 spiro atoms. The van der Waals surface area contributed by atoms with Crippen LogP contribution in [-0.4, -0.2) is 57.9 Å². The van der Waals surface area contributed by atoms with Gasteiger partial charge in [0.15, 0.2) is 0 Å². The van der Waals surface area contributed by atoms with Crippen molar-refractivity contribution in [3.8, 4) is 6.01 Å². The lowest BCUT2D eigenvalue weighted by atomic mass is 10.3. The first kappa shape index (κ1) is 15.7. The van der Waals surface area contributed by atoms with Crippen LogP contribution < -0.4 is 9.64 Å². The summed E-state index contributed by atoms with van der Waals surface area (Å²) in [5.41, 5.74) is 2.20. The van der Waals surface area contributed by atoms with Gasteiger partial charge in [-0.25, -0.2) is 4.98 Å². The summed E-state index contributed by atoms with van der Waals surface area (Å²) in [7, 11) is 3.56.